The summed E-state index contributed by atoms with van der Waals surface area (Å²) in [5.41, 5.74) is 0. The summed E-state index contributed by atoms with van der Waals surface area (Å²) in [7, 11) is 1.74. The van der Waals surface area contributed by atoms with Gasteiger partial charge in [-0.25, -0.2) is 0 Å². The van der Waals surface area contributed by atoms with Gasteiger partial charge in [0.1, 0.15) is 0 Å². The topological polar surface area (TPSA) is 24.5 Å². The monoisotopic (exact) mass is 216 g/mol. The average Bonchev–Trinajstić information content (AvgIpc) is 2.27. The number of methoxy groups -OCH3 is 1. The van der Waals surface area contributed by atoms with Gasteiger partial charge in [-0.2, -0.15) is 0 Å². The van der Waals surface area contributed by atoms with Crippen molar-refractivity contribution in [1.82, 2.24) is 10.2 Å². The first kappa shape index (κ1) is 14.9. The lowest BCUT2D eigenvalue weighted by Gasteiger charge is -2.26. The van der Waals surface area contributed by atoms with E-state index in [-0.39, 0.29) is 0 Å². The van der Waals surface area contributed by atoms with Crippen molar-refractivity contribution in [2.24, 2.45) is 0 Å². The van der Waals surface area contributed by atoms with Gasteiger partial charge in [0.2, 0.25) is 0 Å². The zero-order chi connectivity index (χ0) is 11.5. The van der Waals surface area contributed by atoms with Crippen LogP contribution in [0, 0.1) is 0 Å². The summed E-state index contributed by atoms with van der Waals surface area (Å²) >= 11 is 0. The molecule has 1 unspecified atom stereocenters. The van der Waals surface area contributed by atoms with Crippen molar-refractivity contribution in [2.75, 3.05) is 39.9 Å². The Kier molecular flexibility index (Phi) is 10.3. The second kappa shape index (κ2) is 10.4. The van der Waals surface area contributed by atoms with Gasteiger partial charge in [-0.1, -0.05) is 13.8 Å². The van der Waals surface area contributed by atoms with Crippen molar-refractivity contribution in [3.05, 3.63) is 0 Å². The van der Waals surface area contributed by atoms with E-state index >= 15 is 0 Å². The van der Waals surface area contributed by atoms with Gasteiger partial charge >= 0.3 is 0 Å². The Hall–Kier alpha value is -0.120. The van der Waals surface area contributed by atoms with Crippen molar-refractivity contribution >= 4 is 0 Å². The van der Waals surface area contributed by atoms with Gasteiger partial charge in [0.15, 0.2) is 0 Å². The second-order valence-corrected chi connectivity index (χ2v) is 3.98. The molecule has 92 valence electrons. The molecule has 0 aliphatic heterocycles. The first-order valence-electron chi connectivity index (χ1n) is 6.19. The maximum absolute atomic E-state index is 4.97. The molecule has 0 aromatic heterocycles. The molecular formula is C12H28N2O. The van der Waals surface area contributed by atoms with Crippen LogP contribution in [0.1, 0.15) is 33.6 Å². The molecule has 3 nitrogen and oxygen atoms in total. The summed E-state index contributed by atoms with van der Waals surface area (Å²) in [6, 6.07) is 0.717. The summed E-state index contributed by atoms with van der Waals surface area (Å²) in [6.45, 7) is 12.0. The van der Waals surface area contributed by atoms with Crippen molar-refractivity contribution < 1.29 is 4.74 Å². The fraction of sp³-hybridized carbons (Fsp3) is 1.00. The van der Waals surface area contributed by atoms with E-state index in [0.29, 0.717) is 6.04 Å². The summed E-state index contributed by atoms with van der Waals surface area (Å²) in [5, 5.41) is 3.37. The Balaban J connectivity index is 3.38. The van der Waals surface area contributed by atoms with Gasteiger partial charge in [0.05, 0.1) is 6.61 Å². The standard InChI is InChI=1S/C12H28N2O/c1-5-12(3)14(6-2)10-7-8-13-9-11-15-4/h12-13H,5-11H2,1-4H3. The normalized spacial score (nSPS) is 13.4. The van der Waals surface area contributed by atoms with Crippen LogP contribution in [0.2, 0.25) is 0 Å². The van der Waals surface area contributed by atoms with Gasteiger partial charge in [-0.15, -0.1) is 0 Å². The quantitative estimate of drug-likeness (QED) is 0.563. The molecule has 0 aliphatic carbocycles. The van der Waals surface area contributed by atoms with Crippen molar-refractivity contribution in [3.8, 4) is 0 Å². The first-order chi connectivity index (χ1) is 7.26. The minimum absolute atomic E-state index is 0.717. The van der Waals surface area contributed by atoms with E-state index in [1.807, 2.05) is 0 Å². The van der Waals surface area contributed by atoms with Crippen LogP contribution in [0.5, 0.6) is 0 Å². The molecule has 0 fully saturated rings. The lowest BCUT2D eigenvalue weighted by Crippen LogP contribution is -2.34. The van der Waals surface area contributed by atoms with Gasteiger partial charge < -0.3 is 15.0 Å². The lowest BCUT2D eigenvalue weighted by molar-refractivity contribution is 0.194. The second-order valence-electron chi connectivity index (χ2n) is 3.98. The fourth-order valence-electron chi connectivity index (χ4n) is 1.65. The van der Waals surface area contributed by atoms with Crippen molar-refractivity contribution in [3.63, 3.8) is 0 Å². The fourth-order valence-corrected chi connectivity index (χ4v) is 1.65. The van der Waals surface area contributed by atoms with Crippen molar-refractivity contribution in [1.29, 1.82) is 0 Å². The van der Waals surface area contributed by atoms with E-state index in [0.717, 1.165) is 26.2 Å². The average molecular weight is 216 g/mol. The number of ether oxygens (including phenoxy) is 1. The third-order valence-corrected chi connectivity index (χ3v) is 2.90. The minimum atomic E-state index is 0.717. The van der Waals surface area contributed by atoms with Gasteiger partial charge in [0.25, 0.3) is 0 Å². The highest BCUT2D eigenvalue weighted by Crippen LogP contribution is 2.03. The van der Waals surface area contributed by atoms with E-state index in [9.17, 15) is 0 Å². The SMILES string of the molecule is CCC(C)N(CC)CCCNCCOC. The Bertz CT molecular complexity index is 131. The van der Waals surface area contributed by atoms with Crippen LogP contribution < -0.4 is 5.32 Å². The molecule has 0 rings (SSSR count). The van der Waals surface area contributed by atoms with E-state index in [1.165, 1.54) is 19.4 Å². The number of nitrogens with zero attached hydrogens (tertiary/aromatic N) is 1. The zero-order valence-corrected chi connectivity index (χ0v) is 10.9. The third-order valence-electron chi connectivity index (χ3n) is 2.90. The maximum Gasteiger partial charge on any atom is 0.0587 e. The molecule has 0 bridgehead atoms. The highest BCUT2D eigenvalue weighted by molar-refractivity contribution is 4.64. The molecule has 0 aromatic carbocycles. The molecule has 0 spiro atoms. The molecular weight excluding hydrogens is 188 g/mol. The smallest absolute Gasteiger partial charge is 0.0587 e. The number of hydrogen-bond donors (Lipinski definition) is 1. The summed E-state index contributed by atoms with van der Waals surface area (Å²) in [6.07, 6.45) is 2.47. The van der Waals surface area contributed by atoms with Gasteiger partial charge in [0, 0.05) is 19.7 Å². The lowest BCUT2D eigenvalue weighted by atomic mass is 10.2. The highest BCUT2D eigenvalue weighted by atomic mass is 16.5. The number of hydrogen-bond acceptors (Lipinski definition) is 3. The molecule has 0 saturated heterocycles. The third kappa shape index (κ3) is 7.77. The van der Waals surface area contributed by atoms with E-state index in [4.69, 9.17) is 4.74 Å². The Morgan fingerprint density at radius 2 is 2.00 bits per heavy atom. The van der Waals surface area contributed by atoms with Crippen molar-refractivity contribution in [2.45, 2.75) is 39.7 Å². The molecule has 0 heterocycles. The molecule has 15 heavy (non-hydrogen) atoms. The van der Waals surface area contributed by atoms with E-state index in [1.54, 1.807) is 7.11 Å². The van der Waals surface area contributed by atoms with Crippen LogP contribution in [0.25, 0.3) is 0 Å². The van der Waals surface area contributed by atoms with Crippen LogP contribution in [-0.4, -0.2) is 50.8 Å². The number of nitrogens with one attached hydrogen (secondary N) is 1. The maximum atomic E-state index is 4.97. The molecule has 0 saturated carbocycles. The number of rotatable bonds is 10. The summed E-state index contributed by atoms with van der Waals surface area (Å²) in [4.78, 5) is 2.54. The molecule has 0 aromatic rings. The Morgan fingerprint density at radius 1 is 1.27 bits per heavy atom. The molecule has 0 amide bonds. The summed E-state index contributed by atoms with van der Waals surface area (Å²) < 4.78 is 4.97. The van der Waals surface area contributed by atoms with E-state index in [2.05, 4.69) is 31.0 Å². The Morgan fingerprint density at radius 3 is 2.53 bits per heavy atom. The largest absolute Gasteiger partial charge is 0.383 e. The van der Waals surface area contributed by atoms with Gasteiger partial charge in [-0.3, -0.25) is 0 Å². The Labute approximate surface area is 95.2 Å². The molecule has 3 heteroatoms. The molecule has 1 N–H and O–H groups in total. The van der Waals surface area contributed by atoms with Crippen LogP contribution in [0.15, 0.2) is 0 Å². The van der Waals surface area contributed by atoms with Crippen LogP contribution in [0.4, 0.5) is 0 Å². The predicted octanol–water partition coefficient (Wildman–Crippen LogP) is 1.73. The molecule has 0 aliphatic rings. The van der Waals surface area contributed by atoms with E-state index < -0.39 is 0 Å². The van der Waals surface area contributed by atoms with Crippen LogP contribution >= 0.6 is 0 Å². The predicted molar refractivity (Wildman–Crippen MR) is 66.4 cm³/mol. The molecule has 1 atom stereocenters. The van der Waals surface area contributed by atoms with Gasteiger partial charge in [-0.05, 0) is 39.4 Å². The minimum Gasteiger partial charge on any atom is -0.383 e. The molecule has 0 radical (unpaired) electrons. The van der Waals surface area contributed by atoms with Crippen LogP contribution in [-0.2, 0) is 4.74 Å². The zero-order valence-electron chi connectivity index (χ0n) is 10.9. The highest BCUT2D eigenvalue weighted by Gasteiger charge is 2.08. The first-order valence-corrected chi connectivity index (χ1v) is 6.19. The van der Waals surface area contributed by atoms with Crippen LogP contribution in [0.3, 0.4) is 0 Å². The summed E-state index contributed by atoms with van der Waals surface area (Å²) in [5.74, 6) is 0.